The Kier molecular flexibility index (Phi) is 5.62. The minimum Gasteiger partial charge on any atom is -0.486 e. The van der Waals surface area contributed by atoms with E-state index in [1.165, 1.54) is 5.56 Å². The molecular weight excluding hydrogens is 252 g/mol. The van der Waals surface area contributed by atoms with Gasteiger partial charge in [0.15, 0.2) is 5.76 Å². The fourth-order valence-corrected chi connectivity index (χ4v) is 2.06. The van der Waals surface area contributed by atoms with E-state index < -0.39 is 0 Å². The molecule has 0 spiro atoms. The van der Waals surface area contributed by atoms with Gasteiger partial charge in [0.2, 0.25) is 0 Å². The molecule has 0 saturated carbocycles. The van der Waals surface area contributed by atoms with Crippen LogP contribution in [0, 0.1) is 0 Å². The van der Waals surface area contributed by atoms with Gasteiger partial charge >= 0.3 is 0 Å². The first-order chi connectivity index (χ1) is 9.78. The maximum absolute atomic E-state index is 5.62. The van der Waals surface area contributed by atoms with Crippen LogP contribution in [0.25, 0.3) is 0 Å². The average Bonchev–Trinajstić information content (AvgIpc) is 2.98. The van der Waals surface area contributed by atoms with Crippen LogP contribution in [-0.4, -0.2) is 17.7 Å². The predicted molar refractivity (Wildman–Crippen MR) is 78.7 cm³/mol. The zero-order valence-electron chi connectivity index (χ0n) is 12.1. The summed E-state index contributed by atoms with van der Waals surface area (Å²) in [5, 5.41) is 7.07. The third-order valence-corrected chi connectivity index (χ3v) is 3.21. The Morgan fingerprint density at radius 1 is 1.25 bits per heavy atom. The van der Waals surface area contributed by atoms with Gasteiger partial charge in [-0.25, -0.2) is 0 Å². The zero-order chi connectivity index (χ0) is 14.2. The first-order valence-electron chi connectivity index (χ1n) is 7.12. The molecule has 1 N–H and O–H groups in total. The number of nitrogens with zero attached hydrogens (tertiary/aromatic N) is 1. The molecule has 0 aliphatic rings. The summed E-state index contributed by atoms with van der Waals surface area (Å²) in [6, 6.07) is 10.6. The van der Waals surface area contributed by atoms with Gasteiger partial charge in [-0.2, -0.15) is 0 Å². The van der Waals surface area contributed by atoms with Gasteiger partial charge < -0.3 is 14.6 Å². The number of hydrogen-bond donors (Lipinski definition) is 1. The highest BCUT2D eigenvalue weighted by atomic mass is 16.5. The summed E-state index contributed by atoms with van der Waals surface area (Å²) < 4.78 is 10.6. The molecule has 1 aromatic heterocycles. The quantitative estimate of drug-likeness (QED) is 0.803. The van der Waals surface area contributed by atoms with Crippen molar-refractivity contribution in [3.05, 3.63) is 47.9 Å². The summed E-state index contributed by atoms with van der Waals surface area (Å²) in [5.41, 5.74) is 1.33. The fourth-order valence-electron chi connectivity index (χ4n) is 2.06. The second kappa shape index (κ2) is 7.70. The molecule has 1 unspecified atom stereocenters. The van der Waals surface area contributed by atoms with E-state index >= 15 is 0 Å². The van der Waals surface area contributed by atoms with E-state index in [1.807, 2.05) is 12.1 Å². The lowest BCUT2D eigenvalue weighted by molar-refractivity contribution is 0.249. The SMILES string of the molecule is CCNC(C)CCc1ccc(OCc2ccno2)cc1. The van der Waals surface area contributed by atoms with E-state index in [1.54, 1.807) is 12.3 Å². The highest BCUT2D eigenvalue weighted by molar-refractivity contribution is 5.27. The van der Waals surface area contributed by atoms with Crippen LogP contribution in [0.1, 0.15) is 31.6 Å². The smallest absolute Gasteiger partial charge is 0.174 e. The number of aryl methyl sites for hydroxylation is 1. The van der Waals surface area contributed by atoms with E-state index in [0.717, 1.165) is 30.9 Å². The lowest BCUT2D eigenvalue weighted by Gasteiger charge is -2.12. The molecule has 2 rings (SSSR count). The maximum atomic E-state index is 5.62. The van der Waals surface area contributed by atoms with Crippen LogP contribution >= 0.6 is 0 Å². The summed E-state index contributed by atoms with van der Waals surface area (Å²) in [6.07, 6.45) is 3.84. The Labute approximate surface area is 120 Å². The maximum Gasteiger partial charge on any atom is 0.174 e. The van der Waals surface area contributed by atoms with Gasteiger partial charge in [0.05, 0.1) is 6.20 Å². The van der Waals surface area contributed by atoms with Crippen LogP contribution in [0.2, 0.25) is 0 Å². The van der Waals surface area contributed by atoms with E-state index in [-0.39, 0.29) is 0 Å². The Morgan fingerprint density at radius 3 is 2.70 bits per heavy atom. The average molecular weight is 274 g/mol. The molecular formula is C16H22N2O2. The molecule has 0 radical (unpaired) electrons. The molecule has 0 aliphatic heterocycles. The molecule has 4 heteroatoms. The molecule has 0 amide bonds. The van der Waals surface area contributed by atoms with Crippen molar-refractivity contribution >= 4 is 0 Å². The Balaban J connectivity index is 1.77. The van der Waals surface area contributed by atoms with Gasteiger partial charge in [-0.15, -0.1) is 0 Å². The molecule has 0 fully saturated rings. The van der Waals surface area contributed by atoms with E-state index in [4.69, 9.17) is 9.26 Å². The summed E-state index contributed by atoms with van der Waals surface area (Å²) in [4.78, 5) is 0. The van der Waals surface area contributed by atoms with Crippen molar-refractivity contribution < 1.29 is 9.26 Å². The fraction of sp³-hybridized carbons (Fsp3) is 0.438. The summed E-state index contributed by atoms with van der Waals surface area (Å²) >= 11 is 0. The molecule has 20 heavy (non-hydrogen) atoms. The van der Waals surface area contributed by atoms with Crippen LogP contribution in [0.3, 0.4) is 0 Å². The minimum atomic E-state index is 0.413. The summed E-state index contributed by atoms with van der Waals surface area (Å²) in [5.74, 6) is 1.58. The number of benzene rings is 1. The number of rotatable bonds is 8. The third kappa shape index (κ3) is 4.70. The first-order valence-corrected chi connectivity index (χ1v) is 7.12. The molecule has 108 valence electrons. The zero-order valence-corrected chi connectivity index (χ0v) is 12.1. The van der Waals surface area contributed by atoms with Gasteiger partial charge in [0.25, 0.3) is 0 Å². The molecule has 1 aromatic carbocycles. The van der Waals surface area contributed by atoms with E-state index in [0.29, 0.717) is 12.6 Å². The molecule has 0 saturated heterocycles. The van der Waals surface area contributed by atoms with Crippen LogP contribution in [-0.2, 0) is 13.0 Å². The number of nitrogens with one attached hydrogen (secondary N) is 1. The van der Waals surface area contributed by atoms with E-state index in [9.17, 15) is 0 Å². The molecule has 0 aliphatic carbocycles. The molecule has 1 heterocycles. The third-order valence-electron chi connectivity index (χ3n) is 3.21. The largest absolute Gasteiger partial charge is 0.486 e. The van der Waals surface area contributed by atoms with Gasteiger partial charge in [-0.1, -0.05) is 24.2 Å². The highest BCUT2D eigenvalue weighted by Crippen LogP contribution is 2.15. The lowest BCUT2D eigenvalue weighted by Crippen LogP contribution is -2.25. The van der Waals surface area contributed by atoms with Crippen LogP contribution in [0.4, 0.5) is 0 Å². The molecule has 1 atom stereocenters. The van der Waals surface area contributed by atoms with Crippen molar-refractivity contribution in [3.63, 3.8) is 0 Å². The highest BCUT2D eigenvalue weighted by Gasteiger charge is 2.02. The molecule has 4 nitrogen and oxygen atoms in total. The van der Waals surface area contributed by atoms with Gasteiger partial charge in [0, 0.05) is 12.1 Å². The minimum absolute atomic E-state index is 0.413. The topological polar surface area (TPSA) is 47.3 Å². The number of ether oxygens (including phenoxy) is 1. The van der Waals surface area contributed by atoms with Crippen molar-refractivity contribution in [1.29, 1.82) is 0 Å². The van der Waals surface area contributed by atoms with Crippen LogP contribution < -0.4 is 10.1 Å². The standard InChI is InChI=1S/C16H22N2O2/c1-3-17-13(2)4-5-14-6-8-15(9-7-14)19-12-16-10-11-18-20-16/h6-11,13,17H,3-5,12H2,1-2H3. The number of aromatic nitrogens is 1. The first kappa shape index (κ1) is 14.6. The molecule has 2 aromatic rings. The summed E-state index contributed by atoms with van der Waals surface area (Å²) in [6.45, 7) is 5.79. The van der Waals surface area contributed by atoms with Crippen LogP contribution in [0.5, 0.6) is 5.75 Å². The van der Waals surface area contributed by atoms with Crippen LogP contribution in [0.15, 0.2) is 41.1 Å². The van der Waals surface area contributed by atoms with Gasteiger partial charge in [-0.3, -0.25) is 0 Å². The second-order valence-electron chi connectivity index (χ2n) is 4.91. The Bertz CT molecular complexity index is 480. The Morgan fingerprint density at radius 2 is 2.05 bits per heavy atom. The summed E-state index contributed by atoms with van der Waals surface area (Å²) in [7, 11) is 0. The van der Waals surface area contributed by atoms with Gasteiger partial charge in [0.1, 0.15) is 12.4 Å². The van der Waals surface area contributed by atoms with Crippen molar-refractivity contribution in [2.75, 3.05) is 6.54 Å². The van der Waals surface area contributed by atoms with E-state index in [2.05, 4.69) is 36.5 Å². The normalized spacial score (nSPS) is 12.3. The van der Waals surface area contributed by atoms with Crippen molar-refractivity contribution in [1.82, 2.24) is 10.5 Å². The predicted octanol–water partition coefficient (Wildman–Crippen LogP) is 3.18. The van der Waals surface area contributed by atoms with Crippen molar-refractivity contribution in [2.45, 2.75) is 39.3 Å². The monoisotopic (exact) mass is 274 g/mol. The molecule has 0 bridgehead atoms. The number of hydrogen-bond acceptors (Lipinski definition) is 4. The van der Waals surface area contributed by atoms with Crippen molar-refractivity contribution in [2.24, 2.45) is 0 Å². The van der Waals surface area contributed by atoms with Gasteiger partial charge in [-0.05, 0) is 44.0 Å². The lowest BCUT2D eigenvalue weighted by atomic mass is 10.1. The Hall–Kier alpha value is -1.81. The second-order valence-corrected chi connectivity index (χ2v) is 4.91. The van der Waals surface area contributed by atoms with Crippen molar-refractivity contribution in [3.8, 4) is 5.75 Å².